The topological polar surface area (TPSA) is 108 Å². The molecule has 0 radical (unpaired) electrons. The standard InChI is InChI=1S/C9H16N4O2/c10-6-4-2-1-3-5-7-12-9(8(11)14)13-15-7/h1-6,10H2,(H2,11,14). The number of primary amides is 1. The number of carbonyl (C=O) groups is 1. The molecule has 1 rings (SSSR count). The molecule has 0 aliphatic carbocycles. The van der Waals surface area contributed by atoms with Gasteiger partial charge in [0, 0.05) is 6.42 Å². The first-order valence-electron chi connectivity index (χ1n) is 5.06. The SMILES string of the molecule is NCCCCCCc1nc(C(N)=O)no1. The zero-order chi connectivity index (χ0) is 11.1. The highest BCUT2D eigenvalue weighted by molar-refractivity contribution is 5.88. The number of carbonyl (C=O) groups excluding carboxylic acids is 1. The maximum absolute atomic E-state index is 10.7. The summed E-state index contributed by atoms with van der Waals surface area (Å²) in [6.07, 6.45) is 4.86. The van der Waals surface area contributed by atoms with Crippen LogP contribution in [0.25, 0.3) is 0 Å². The first-order chi connectivity index (χ1) is 7.24. The summed E-state index contributed by atoms with van der Waals surface area (Å²) in [7, 11) is 0. The number of nitrogens with two attached hydrogens (primary N) is 2. The second-order valence-electron chi connectivity index (χ2n) is 3.33. The number of rotatable bonds is 7. The molecule has 0 spiro atoms. The fraction of sp³-hybridized carbons (Fsp3) is 0.667. The molecule has 0 bridgehead atoms. The molecular weight excluding hydrogens is 196 g/mol. The van der Waals surface area contributed by atoms with E-state index in [1.165, 1.54) is 0 Å². The van der Waals surface area contributed by atoms with E-state index >= 15 is 0 Å². The van der Waals surface area contributed by atoms with E-state index in [2.05, 4.69) is 10.1 Å². The van der Waals surface area contributed by atoms with Crippen LogP contribution in [0.2, 0.25) is 0 Å². The van der Waals surface area contributed by atoms with Crippen LogP contribution in [0.4, 0.5) is 0 Å². The summed E-state index contributed by atoms with van der Waals surface area (Å²) in [5.74, 6) is -0.239. The molecule has 0 aliphatic heterocycles. The Hall–Kier alpha value is -1.43. The van der Waals surface area contributed by atoms with Gasteiger partial charge in [0.25, 0.3) is 11.7 Å². The lowest BCUT2D eigenvalue weighted by Gasteiger charge is -1.95. The molecule has 6 nitrogen and oxygen atoms in total. The number of aryl methyl sites for hydroxylation is 1. The maximum Gasteiger partial charge on any atom is 0.290 e. The van der Waals surface area contributed by atoms with E-state index in [1.54, 1.807) is 0 Å². The Morgan fingerprint density at radius 3 is 2.60 bits per heavy atom. The minimum Gasteiger partial charge on any atom is -0.363 e. The van der Waals surface area contributed by atoms with Gasteiger partial charge >= 0.3 is 0 Å². The molecule has 15 heavy (non-hydrogen) atoms. The van der Waals surface area contributed by atoms with Crippen LogP contribution in [0.15, 0.2) is 4.52 Å². The van der Waals surface area contributed by atoms with Gasteiger partial charge in [0.05, 0.1) is 0 Å². The van der Waals surface area contributed by atoms with Gasteiger partial charge in [0.1, 0.15) is 0 Å². The molecule has 4 N–H and O–H groups in total. The van der Waals surface area contributed by atoms with Gasteiger partial charge in [-0.15, -0.1) is 0 Å². The molecule has 1 amide bonds. The molecule has 84 valence electrons. The zero-order valence-corrected chi connectivity index (χ0v) is 8.61. The van der Waals surface area contributed by atoms with Crippen LogP contribution in [-0.2, 0) is 6.42 Å². The lowest BCUT2D eigenvalue weighted by molar-refractivity contribution is 0.0987. The van der Waals surface area contributed by atoms with E-state index in [9.17, 15) is 4.79 Å². The van der Waals surface area contributed by atoms with E-state index in [0.29, 0.717) is 12.3 Å². The Morgan fingerprint density at radius 1 is 1.27 bits per heavy atom. The van der Waals surface area contributed by atoms with Crippen LogP contribution < -0.4 is 11.5 Å². The molecule has 0 aromatic carbocycles. The summed E-state index contributed by atoms with van der Waals surface area (Å²) in [6.45, 7) is 0.729. The molecule has 0 unspecified atom stereocenters. The number of hydrogen-bond acceptors (Lipinski definition) is 5. The van der Waals surface area contributed by atoms with Crippen LogP contribution in [0.3, 0.4) is 0 Å². The monoisotopic (exact) mass is 212 g/mol. The van der Waals surface area contributed by atoms with Crippen molar-refractivity contribution >= 4 is 5.91 Å². The number of nitrogens with zero attached hydrogens (tertiary/aromatic N) is 2. The number of hydrogen-bond donors (Lipinski definition) is 2. The third kappa shape index (κ3) is 4.07. The lowest BCUT2D eigenvalue weighted by atomic mass is 10.1. The zero-order valence-electron chi connectivity index (χ0n) is 8.61. The van der Waals surface area contributed by atoms with Gasteiger partial charge in [-0.1, -0.05) is 18.0 Å². The summed E-state index contributed by atoms with van der Waals surface area (Å²) in [5.41, 5.74) is 10.3. The highest BCUT2D eigenvalue weighted by Gasteiger charge is 2.09. The molecule has 0 aliphatic rings. The minimum absolute atomic E-state index is 0.0491. The normalized spacial score (nSPS) is 10.5. The molecule has 1 aromatic rings. The molecule has 0 fully saturated rings. The van der Waals surface area contributed by atoms with E-state index in [4.69, 9.17) is 16.0 Å². The predicted molar refractivity (Wildman–Crippen MR) is 54.0 cm³/mol. The van der Waals surface area contributed by atoms with Gasteiger partial charge in [-0.2, -0.15) is 4.98 Å². The third-order valence-electron chi connectivity index (χ3n) is 2.03. The van der Waals surface area contributed by atoms with Gasteiger partial charge in [-0.3, -0.25) is 4.79 Å². The Morgan fingerprint density at radius 2 is 2.00 bits per heavy atom. The van der Waals surface area contributed by atoms with Crippen molar-refractivity contribution in [2.24, 2.45) is 11.5 Å². The van der Waals surface area contributed by atoms with Crippen LogP contribution in [0.5, 0.6) is 0 Å². The quantitative estimate of drug-likeness (QED) is 0.629. The van der Waals surface area contributed by atoms with Gasteiger partial charge in [0.15, 0.2) is 0 Å². The van der Waals surface area contributed by atoms with Gasteiger partial charge in [-0.25, -0.2) is 0 Å². The van der Waals surface area contributed by atoms with Crippen molar-refractivity contribution in [2.45, 2.75) is 32.1 Å². The van der Waals surface area contributed by atoms with Crippen molar-refractivity contribution in [1.82, 2.24) is 10.1 Å². The van der Waals surface area contributed by atoms with Crippen molar-refractivity contribution < 1.29 is 9.32 Å². The summed E-state index contributed by atoms with van der Waals surface area (Å²) < 4.78 is 4.85. The van der Waals surface area contributed by atoms with E-state index in [0.717, 1.165) is 32.2 Å². The Kier molecular flexibility index (Phi) is 4.76. The van der Waals surface area contributed by atoms with E-state index in [-0.39, 0.29) is 5.82 Å². The van der Waals surface area contributed by atoms with Crippen LogP contribution >= 0.6 is 0 Å². The summed E-state index contributed by atoms with van der Waals surface area (Å²) in [6, 6.07) is 0. The van der Waals surface area contributed by atoms with Gasteiger partial charge in [-0.05, 0) is 19.4 Å². The van der Waals surface area contributed by atoms with Crippen molar-refractivity contribution in [3.63, 3.8) is 0 Å². The Labute approximate surface area is 88.0 Å². The minimum atomic E-state index is -0.659. The van der Waals surface area contributed by atoms with Gasteiger partial charge in [0.2, 0.25) is 5.89 Å². The first kappa shape index (κ1) is 11.6. The van der Waals surface area contributed by atoms with E-state index in [1.807, 2.05) is 0 Å². The maximum atomic E-state index is 10.7. The molecule has 0 saturated heterocycles. The van der Waals surface area contributed by atoms with Crippen LogP contribution in [0.1, 0.15) is 42.2 Å². The largest absolute Gasteiger partial charge is 0.363 e. The third-order valence-corrected chi connectivity index (χ3v) is 2.03. The molecular formula is C9H16N4O2. The van der Waals surface area contributed by atoms with E-state index < -0.39 is 5.91 Å². The number of unbranched alkanes of at least 4 members (excludes halogenated alkanes) is 3. The second kappa shape index (κ2) is 6.13. The average Bonchev–Trinajstić information content (AvgIpc) is 2.66. The lowest BCUT2D eigenvalue weighted by Crippen LogP contribution is -2.12. The summed E-state index contributed by atoms with van der Waals surface area (Å²) in [5, 5.41) is 3.45. The number of amides is 1. The summed E-state index contributed by atoms with van der Waals surface area (Å²) >= 11 is 0. The first-order valence-corrected chi connectivity index (χ1v) is 5.06. The van der Waals surface area contributed by atoms with Crippen molar-refractivity contribution in [3.05, 3.63) is 11.7 Å². The molecule has 0 saturated carbocycles. The average molecular weight is 212 g/mol. The molecule has 1 aromatic heterocycles. The van der Waals surface area contributed by atoms with Crippen LogP contribution in [-0.4, -0.2) is 22.6 Å². The van der Waals surface area contributed by atoms with Crippen LogP contribution in [0, 0.1) is 0 Å². The smallest absolute Gasteiger partial charge is 0.290 e. The van der Waals surface area contributed by atoms with Gasteiger partial charge < -0.3 is 16.0 Å². The molecule has 1 heterocycles. The number of aromatic nitrogens is 2. The highest BCUT2D eigenvalue weighted by Crippen LogP contribution is 2.05. The van der Waals surface area contributed by atoms with Crippen molar-refractivity contribution in [1.29, 1.82) is 0 Å². The Bertz CT molecular complexity index is 311. The summed E-state index contributed by atoms with van der Waals surface area (Å²) in [4.78, 5) is 14.5. The van der Waals surface area contributed by atoms with Crippen molar-refractivity contribution in [3.8, 4) is 0 Å². The molecule has 0 atom stereocenters. The molecule has 6 heteroatoms. The predicted octanol–water partition coefficient (Wildman–Crippen LogP) is 0.230. The Balaban J connectivity index is 2.23. The second-order valence-corrected chi connectivity index (χ2v) is 3.33. The van der Waals surface area contributed by atoms with Crippen molar-refractivity contribution in [2.75, 3.05) is 6.54 Å². The highest BCUT2D eigenvalue weighted by atomic mass is 16.5. The fourth-order valence-corrected chi connectivity index (χ4v) is 1.23. The fourth-order valence-electron chi connectivity index (χ4n) is 1.23.